The molecule has 0 spiro atoms. The van der Waals surface area contributed by atoms with Gasteiger partial charge >= 0.3 is 0 Å². The lowest BCUT2D eigenvalue weighted by Crippen LogP contribution is -2.18. The Morgan fingerprint density at radius 1 is 1.33 bits per heavy atom. The number of nitrogens with two attached hydrogens (primary N) is 1. The molecule has 0 aliphatic carbocycles. The first-order valence-corrected chi connectivity index (χ1v) is 7.14. The zero-order valence-electron chi connectivity index (χ0n) is 12.1. The van der Waals surface area contributed by atoms with E-state index in [0.29, 0.717) is 23.8 Å². The van der Waals surface area contributed by atoms with Crippen molar-refractivity contribution in [1.82, 2.24) is 4.98 Å². The van der Waals surface area contributed by atoms with Gasteiger partial charge in [-0.15, -0.1) is 0 Å². The highest BCUT2D eigenvalue weighted by Gasteiger charge is 2.11. The summed E-state index contributed by atoms with van der Waals surface area (Å²) in [6.45, 7) is 4.52. The second kappa shape index (κ2) is 6.63. The highest BCUT2D eigenvalue weighted by atomic mass is 32.1. The number of hydrogen-bond donors (Lipinski definition) is 2. The van der Waals surface area contributed by atoms with Crippen LogP contribution >= 0.6 is 12.2 Å². The molecule has 1 heterocycles. The fourth-order valence-corrected chi connectivity index (χ4v) is 2.55. The van der Waals surface area contributed by atoms with Crippen LogP contribution in [0.3, 0.4) is 0 Å². The number of nitrogens with one attached hydrogen (secondary N) is 1. The van der Waals surface area contributed by atoms with Crippen LogP contribution in [0.1, 0.15) is 22.4 Å². The first-order valence-electron chi connectivity index (χ1n) is 6.73. The molecule has 0 aliphatic heterocycles. The molecule has 1 aromatic heterocycles. The van der Waals surface area contributed by atoms with Crippen molar-refractivity contribution in [2.45, 2.75) is 20.3 Å². The van der Waals surface area contributed by atoms with Crippen molar-refractivity contribution in [1.29, 1.82) is 0 Å². The highest BCUT2D eigenvalue weighted by Crippen LogP contribution is 2.18. The minimum atomic E-state index is -0.221. The summed E-state index contributed by atoms with van der Waals surface area (Å²) in [4.78, 5) is 4.78. The summed E-state index contributed by atoms with van der Waals surface area (Å²) in [6.07, 6.45) is 0.698. The van der Waals surface area contributed by atoms with Gasteiger partial charge in [-0.05, 0) is 49.6 Å². The van der Waals surface area contributed by atoms with Crippen molar-refractivity contribution in [3.63, 3.8) is 0 Å². The Kier molecular flexibility index (Phi) is 4.85. The van der Waals surface area contributed by atoms with Gasteiger partial charge in [-0.3, -0.25) is 0 Å². The standard InChI is InChI=1S/C16H18FN3S/c1-10-8-11(2)20-16(14(10)15(18)21)19-7-6-12-4-3-5-13(17)9-12/h3-5,8-9H,6-7H2,1-2H3,(H2,18,21)(H,19,20). The van der Waals surface area contributed by atoms with E-state index in [0.717, 1.165) is 22.4 Å². The van der Waals surface area contributed by atoms with E-state index in [9.17, 15) is 4.39 Å². The molecule has 0 aliphatic rings. The van der Waals surface area contributed by atoms with Crippen LogP contribution in [-0.2, 0) is 6.42 Å². The third-order valence-electron chi connectivity index (χ3n) is 3.19. The summed E-state index contributed by atoms with van der Waals surface area (Å²) >= 11 is 5.09. The number of aryl methyl sites for hydroxylation is 2. The molecule has 0 saturated heterocycles. The van der Waals surface area contributed by atoms with E-state index in [-0.39, 0.29) is 5.82 Å². The molecule has 1 aromatic carbocycles. The Hall–Kier alpha value is -2.01. The second-order valence-electron chi connectivity index (χ2n) is 4.98. The molecule has 0 radical (unpaired) electrons. The number of hydrogen-bond acceptors (Lipinski definition) is 3. The zero-order valence-corrected chi connectivity index (χ0v) is 12.9. The van der Waals surface area contributed by atoms with Crippen LogP contribution in [-0.4, -0.2) is 16.5 Å². The van der Waals surface area contributed by atoms with Crippen LogP contribution in [0.15, 0.2) is 30.3 Å². The number of anilines is 1. The Bertz CT molecular complexity index is 671. The van der Waals surface area contributed by atoms with Crippen molar-refractivity contribution in [3.8, 4) is 0 Å². The van der Waals surface area contributed by atoms with Crippen molar-refractivity contribution in [2.24, 2.45) is 5.73 Å². The predicted molar refractivity (Wildman–Crippen MR) is 88.2 cm³/mol. The summed E-state index contributed by atoms with van der Waals surface area (Å²) in [7, 11) is 0. The van der Waals surface area contributed by atoms with E-state index >= 15 is 0 Å². The Morgan fingerprint density at radius 2 is 2.10 bits per heavy atom. The van der Waals surface area contributed by atoms with Crippen LogP contribution < -0.4 is 11.1 Å². The largest absolute Gasteiger partial charge is 0.389 e. The lowest BCUT2D eigenvalue weighted by Gasteiger charge is -2.13. The summed E-state index contributed by atoms with van der Waals surface area (Å²) in [5.74, 6) is 0.470. The quantitative estimate of drug-likeness (QED) is 0.833. The van der Waals surface area contributed by atoms with E-state index in [1.165, 1.54) is 12.1 Å². The SMILES string of the molecule is Cc1cc(C)c(C(N)=S)c(NCCc2cccc(F)c2)n1. The summed E-state index contributed by atoms with van der Waals surface area (Å²) in [5.41, 5.74) is 9.38. The lowest BCUT2D eigenvalue weighted by molar-refractivity contribution is 0.625. The molecule has 0 amide bonds. The fourth-order valence-electron chi connectivity index (χ4n) is 2.29. The second-order valence-corrected chi connectivity index (χ2v) is 5.41. The molecule has 0 fully saturated rings. The van der Waals surface area contributed by atoms with Crippen LogP contribution in [0.5, 0.6) is 0 Å². The maximum atomic E-state index is 13.1. The molecule has 110 valence electrons. The molecule has 0 bridgehead atoms. The van der Waals surface area contributed by atoms with E-state index in [4.69, 9.17) is 18.0 Å². The Labute approximate surface area is 129 Å². The molecular formula is C16H18FN3S. The lowest BCUT2D eigenvalue weighted by atomic mass is 10.1. The molecule has 21 heavy (non-hydrogen) atoms. The minimum absolute atomic E-state index is 0.221. The predicted octanol–water partition coefficient (Wildman–Crippen LogP) is 3.13. The average Bonchev–Trinajstić information content (AvgIpc) is 2.37. The highest BCUT2D eigenvalue weighted by molar-refractivity contribution is 7.80. The first-order chi connectivity index (χ1) is 9.97. The molecule has 5 heteroatoms. The van der Waals surface area contributed by atoms with Crippen molar-refractivity contribution in [2.75, 3.05) is 11.9 Å². The van der Waals surface area contributed by atoms with Gasteiger partial charge in [-0.1, -0.05) is 24.4 Å². The smallest absolute Gasteiger partial charge is 0.136 e. The zero-order chi connectivity index (χ0) is 15.4. The summed E-state index contributed by atoms with van der Waals surface area (Å²) in [6, 6.07) is 8.53. The maximum Gasteiger partial charge on any atom is 0.136 e. The molecule has 2 aromatic rings. The van der Waals surface area contributed by atoms with Gasteiger partial charge in [-0.2, -0.15) is 0 Å². The van der Waals surface area contributed by atoms with Gasteiger partial charge in [0.15, 0.2) is 0 Å². The monoisotopic (exact) mass is 303 g/mol. The van der Waals surface area contributed by atoms with Crippen molar-refractivity contribution in [3.05, 3.63) is 58.5 Å². The summed E-state index contributed by atoms with van der Waals surface area (Å²) in [5, 5.41) is 3.24. The van der Waals surface area contributed by atoms with Crippen molar-refractivity contribution < 1.29 is 4.39 Å². The van der Waals surface area contributed by atoms with Gasteiger partial charge < -0.3 is 11.1 Å². The van der Waals surface area contributed by atoms with Gasteiger partial charge in [0, 0.05) is 12.2 Å². The van der Waals surface area contributed by atoms with E-state index in [2.05, 4.69) is 10.3 Å². The minimum Gasteiger partial charge on any atom is -0.389 e. The van der Waals surface area contributed by atoms with E-state index in [1.54, 1.807) is 6.07 Å². The van der Waals surface area contributed by atoms with Crippen LogP contribution in [0.2, 0.25) is 0 Å². The molecule has 0 atom stereocenters. The fraction of sp³-hybridized carbons (Fsp3) is 0.250. The molecule has 2 rings (SSSR count). The topological polar surface area (TPSA) is 50.9 Å². The molecule has 3 N–H and O–H groups in total. The molecular weight excluding hydrogens is 285 g/mol. The number of nitrogens with zero attached hydrogens (tertiary/aromatic N) is 1. The number of rotatable bonds is 5. The van der Waals surface area contributed by atoms with Crippen LogP contribution in [0, 0.1) is 19.7 Å². The number of benzene rings is 1. The Balaban J connectivity index is 2.11. The van der Waals surface area contributed by atoms with Crippen molar-refractivity contribution >= 4 is 23.0 Å². The van der Waals surface area contributed by atoms with Gasteiger partial charge in [-0.25, -0.2) is 9.37 Å². The number of thiocarbonyl (C=S) groups is 1. The number of halogens is 1. The summed E-state index contributed by atoms with van der Waals surface area (Å²) < 4.78 is 13.1. The van der Waals surface area contributed by atoms with Crippen LogP contribution in [0.25, 0.3) is 0 Å². The molecule has 3 nitrogen and oxygen atoms in total. The first kappa shape index (κ1) is 15.4. The molecule has 0 unspecified atom stereocenters. The third kappa shape index (κ3) is 3.98. The normalized spacial score (nSPS) is 10.4. The van der Waals surface area contributed by atoms with Gasteiger partial charge in [0.1, 0.15) is 16.6 Å². The molecule has 0 saturated carbocycles. The maximum absolute atomic E-state index is 13.1. The van der Waals surface area contributed by atoms with Gasteiger partial charge in [0.25, 0.3) is 0 Å². The van der Waals surface area contributed by atoms with Gasteiger partial charge in [0.2, 0.25) is 0 Å². The number of pyridine rings is 1. The third-order valence-corrected chi connectivity index (χ3v) is 3.39. The van der Waals surface area contributed by atoms with E-state index in [1.807, 2.05) is 26.0 Å². The average molecular weight is 303 g/mol. The van der Waals surface area contributed by atoms with Crippen LogP contribution in [0.4, 0.5) is 10.2 Å². The van der Waals surface area contributed by atoms with Gasteiger partial charge in [0.05, 0.1) is 5.56 Å². The van der Waals surface area contributed by atoms with E-state index < -0.39 is 0 Å². The number of aromatic nitrogens is 1. The Morgan fingerprint density at radius 3 is 2.76 bits per heavy atom.